The number of carbonyl (C=O) groups is 1. The van der Waals surface area contributed by atoms with Crippen LogP contribution in [0.4, 0.5) is 8.78 Å². The second-order valence-electron chi connectivity index (χ2n) is 9.17. The maximum absolute atomic E-state index is 13.1. The van der Waals surface area contributed by atoms with E-state index in [4.69, 9.17) is 32.7 Å². The third-order valence-electron chi connectivity index (χ3n) is 6.27. The highest BCUT2D eigenvalue weighted by molar-refractivity contribution is 6.35. The van der Waals surface area contributed by atoms with Crippen molar-refractivity contribution < 1.29 is 32.5 Å². The summed E-state index contributed by atoms with van der Waals surface area (Å²) in [7, 11) is 0. The molecule has 1 aromatic carbocycles. The standard InChI is InChI=1S/C27H23Cl2F2N3O5/c28-20-12-34(36)13-21(29)19(20)11-23(38-25(35)14-33-9-7-17-2-1-8-32-26(17)33)18-5-6-22(39-27(30)31)24(10-18)37-15-16-3-4-16/h1-2,5-10,12-13,16,23,27H,3-4,11,14-15H2/t23-/m0/s1. The number of nitrogens with zero attached hydrogens (tertiary/aromatic N) is 3. The number of carbonyl (C=O) groups excluding carboxylic acids is 1. The van der Waals surface area contributed by atoms with Gasteiger partial charge in [-0.05, 0) is 54.7 Å². The van der Waals surface area contributed by atoms with Crippen LogP contribution in [-0.2, 0) is 22.5 Å². The Morgan fingerprint density at radius 2 is 1.92 bits per heavy atom. The van der Waals surface area contributed by atoms with Gasteiger partial charge in [-0.1, -0.05) is 29.3 Å². The van der Waals surface area contributed by atoms with Crippen LogP contribution in [0.3, 0.4) is 0 Å². The SMILES string of the molecule is O=C(Cn1ccc2cccnc21)O[C@@H](Cc1c(Cl)c[n+]([O-])cc1Cl)c1ccc(OC(F)F)c(OCC2CC2)c1. The van der Waals surface area contributed by atoms with Crippen molar-refractivity contribution in [1.82, 2.24) is 9.55 Å². The Morgan fingerprint density at radius 3 is 2.64 bits per heavy atom. The molecule has 39 heavy (non-hydrogen) atoms. The number of aromatic nitrogens is 3. The topological polar surface area (TPSA) is 89.5 Å². The molecule has 4 aromatic rings. The number of hydrogen-bond donors (Lipinski definition) is 0. The Kier molecular flexibility index (Phi) is 8.04. The third kappa shape index (κ3) is 6.69. The highest BCUT2D eigenvalue weighted by atomic mass is 35.5. The van der Waals surface area contributed by atoms with Crippen LogP contribution in [0.15, 0.2) is 61.2 Å². The molecule has 0 radical (unpaired) electrons. The zero-order valence-electron chi connectivity index (χ0n) is 20.4. The Hall–Kier alpha value is -3.63. The molecular weight excluding hydrogens is 555 g/mol. The first kappa shape index (κ1) is 27.0. The fourth-order valence-electron chi connectivity index (χ4n) is 4.14. The molecule has 3 heterocycles. The first-order valence-electron chi connectivity index (χ1n) is 12.1. The van der Waals surface area contributed by atoms with Gasteiger partial charge in [0.25, 0.3) is 0 Å². The summed E-state index contributed by atoms with van der Waals surface area (Å²) in [6, 6.07) is 9.85. The molecule has 1 fully saturated rings. The Bertz CT molecular complexity index is 1470. The van der Waals surface area contributed by atoms with E-state index < -0.39 is 18.7 Å². The quantitative estimate of drug-likeness (QED) is 0.125. The van der Waals surface area contributed by atoms with E-state index in [1.165, 1.54) is 18.2 Å². The molecule has 3 aromatic heterocycles. The number of hydrogen-bond acceptors (Lipinski definition) is 6. The number of benzene rings is 1. The van der Waals surface area contributed by atoms with Crippen molar-refractivity contribution in [1.29, 1.82) is 0 Å². The van der Waals surface area contributed by atoms with Crippen molar-refractivity contribution in [3.8, 4) is 11.5 Å². The van der Waals surface area contributed by atoms with Crippen LogP contribution < -0.4 is 14.2 Å². The van der Waals surface area contributed by atoms with Gasteiger partial charge in [-0.15, -0.1) is 0 Å². The molecule has 204 valence electrons. The molecule has 0 saturated heterocycles. The van der Waals surface area contributed by atoms with E-state index in [-0.39, 0.29) is 34.5 Å². The van der Waals surface area contributed by atoms with Gasteiger partial charge in [-0.2, -0.15) is 13.5 Å². The molecule has 8 nitrogen and oxygen atoms in total. The minimum Gasteiger partial charge on any atom is -0.619 e. The van der Waals surface area contributed by atoms with Gasteiger partial charge in [0.05, 0.1) is 6.61 Å². The summed E-state index contributed by atoms with van der Waals surface area (Å²) in [5, 5.41) is 12.8. The molecule has 12 heteroatoms. The zero-order valence-corrected chi connectivity index (χ0v) is 21.9. The van der Waals surface area contributed by atoms with Crippen molar-refractivity contribution in [3.63, 3.8) is 0 Å². The van der Waals surface area contributed by atoms with Gasteiger partial charge < -0.3 is 24.0 Å². The summed E-state index contributed by atoms with van der Waals surface area (Å²) in [6.45, 7) is -2.83. The largest absolute Gasteiger partial charge is 0.619 e. The van der Waals surface area contributed by atoms with Crippen molar-refractivity contribution in [2.45, 2.75) is 38.5 Å². The molecule has 5 rings (SSSR count). The van der Waals surface area contributed by atoms with Crippen molar-refractivity contribution in [2.24, 2.45) is 5.92 Å². The van der Waals surface area contributed by atoms with E-state index in [0.717, 1.165) is 30.6 Å². The molecule has 0 unspecified atom stereocenters. The first-order valence-corrected chi connectivity index (χ1v) is 12.9. The monoisotopic (exact) mass is 577 g/mol. The number of halogens is 4. The molecule has 1 aliphatic carbocycles. The maximum atomic E-state index is 13.1. The smallest absolute Gasteiger partial charge is 0.387 e. The molecule has 0 N–H and O–H groups in total. The van der Waals surface area contributed by atoms with Gasteiger partial charge in [0.15, 0.2) is 23.9 Å². The van der Waals surface area contributed by atoms with Crippen LogP contribution in [0, 0.1) is 11.1 Å². The molecule has 0 spiro atoms. The fraction of sp³-hybridized carbons (Fsp3) is 0.296. The average molecular weight is 578 g/mol. The molecule has 0 bridgehead atoms. The lowest BCUT2D eigenvalue weighted by atomic mass is 10.0. The summed E-state index contributed by atoms with van der Waals surface area (Å²) in [6.07, 6.45) is 6.69. The Balaban J connectivity index is 1.45. The van der Waals surface area contributed by atoms with E-state index in [0.29, 0.717) is 34.0 Å². The predicted octanol–water partition coefficient (Wildman–Crippen LogP) is 5.89. The van der Waals surface area contributed by atoms with Crippen LogP contribution in [-0.4, -0.2) is 28.7 Å². The Morgan fingerprint density at radius 1 is 1.15 bits per heavy atom. The Labute approximate surface area is 232 Å². The molecule has 0 amide bonds. The number of fused-ring (bicyclic) bond motifs is 1. The number of pyridine rings is 2. The third-order valence-corrected chi connectivity index (χ3v) is 6.92. The zero-order chi connectivity index (χ0) is 27.5. The van der Waals surface area contributed by atoms with Crippen LogP contribution in [0.1, 0.15) is 30.1 Å². The lowest BCUT2D eigenvalue weighted by molar-refractivity contribution is -0.605. The van der Waals surface area contributed by atoms with Crippen molar-refractivity contribution in [2.75, 3.05) is 6.61 Å². The van der Waals surface area contributed by atoms with Crippen LogP contribution in [0.5, 0.6) is 11.5 Å². The van der Waals surface area contributed by atoms with E-state index in [1.54, 1.807) is 23.0 Å². The van der Waals surface area contributed by atoms with E-state index in [9.17, 15) is 18.8 Å². The highest BCUT2D eigenvalue weighted by Crippen LogP contribution is 2.37. The summed E-state index contributed by atoms with van der Waals surface area (Å²) in [5.74, 6) is -0.262. The maximum Gasteiger partial charge on any atom is 0.387 e. The molecule has 1 atom stereocenters. The van der Waals surface area contributed by atoms with Crippen molar-refractivity contribution in [3.05, 3.63) is 87.6 Å². The van der Waals surface area contributed by atoms with Gasteiger partial charge in [0, 0.05) is 29.8 Å². The minimum absolute atomic E-state index is 0.00599. The normalized spacial score (nSPS) is 14.0. The predicted molar refractivity (Wildman–Crippen MR) is 139 cm³/mol. The van der Waals surface area contributed by atoms with E-state index >= 15 is 0 Å². The van der Waals surface area contributed by atoms with Crippen molar-refractivity contribution >= 4 is 40.2 Å². The van der Waals surface area contributed by atoms with E-state index in [2.05, 4.69) is 9.72 Å². The molecule has 1 aliphatic rings. The van der Waals surface area contributed by atoms with Crippen LogP contribution in [0.25, 0.3) is 11.0 Å². The summed E-state index contributed by atoms with van der Waals surface area (Å²) < 4.78 is 44.5. The highest BCUT2D eigenvalue weighted by Gasteiger charge is 2.26. The minimum atomic E-state index is -3.04. The lowest BCUT2D eigenvalue weighted by Crippen LogP contribution is -2.26. The molecule has 1 saturated carbocycles. The van der Waals surface area contributed by atoms with Gasteiger partial charge in [0.1, 0.15) is 28.3 Å². The fourth-order valence-corrected chi connectivity index (χ4v) is 4.74. The van der Waals surface area contributed by atoms with Crippen LogP contribution >= 0.6 is 23.2 Å². The van der Waals surface area contributed by atoms with Gasteiger partial charge >= 0.3 is 12.6 Å². The van der Waals surface area contributed by atoms with Gasteiger partial charge in [-0.25, -0.2) is 4.98 Å². The summed E-state index contributed by atoms with van der Waals surface area (Å²) >= 11 is 12.6. The first-order chi connectivity index (χ1) is 18.8. The van der Waals surface area contributed by atoms with Crippen LogP contribution in [0.2, 0.25) is 10.0 Å². The summed E-state index contributed by atoms with van der Waals surface area (Å²) in [5.41, 5.74) is 1.44. The number of esters is 1. The number of rotatable bonds is 11. The van der Waals surface area contributed by atoms with Gasteiger partial charge in [0.2, 0.25) is 0 Å². The average Bonchev–Trinajstić information content (AvgIpc) is 3.64. The van der Waals surface area contributed by atoms with E-state index in [1.807, 2.05) is 12.1 Å². The number of ether oxygens (including phenoxy) is 3. The molecule has 0 aliphatic heterocycles. The van der Waals surface area contributed by atoms with Gasteiger partial charge in [-0.3, -0.25) is 4.79 Å². The molecular formula is C27H23Cl2F2N3O5. The lowest BCUT2D eigenvalue weighted by Gasteiger charge is -2.21. The summed E-state index contributed by atoms with van der Waals surface area (Å²) in [4.78, 5) is 17.4. The number of alkyl halides is 2. The second kappa shape index (κ2) is 11.6. The second-order valence-corrected chi connectivity index (χ2v) is 9.99.